The first-order chi connectivity index (χ1) is 9.12. The summed E-state index contributed by atoms with van der Waals surface area (Å²) in [5, 5.41) is 13.3. The summed E-state index contributed by atoms with van der Waals surface area (Å²) in [5.74, 6) is 0. The van der Waals surface area contributed by atoms with Crippen LogP contribution in [-0.2, 0) is 9.47 Å². The first-order valence-electron chi connectivity index (χ1n) is 7.26. The van der Waals surface area contributed by atoms with Gasteiger partial charge in [-0.25, -0.2) is 0 Å². The molecule has 5 nitrogen and oxygen atoms in total. The number of hydrogen-bond donors (Lipinski definition) is 2. The van der Waals surface area contributed by atoms with Crippen molar-refractivity contribution in [2.75, 3.05) is 60.2 Å². The van der Waals surface area contributed by atoms with E-state index in [0.29, 0.717) is 13.2 Å². The third kappa shape index (κ3) is 6.19. The average Bonchev–Trinajstić information content (AvgIpc) is 2.37. The Labute approximate surface area is 117 Å². The highest BCUT2D eigenvalue weighted by molar-refractivity contribution is 4.87. The number of rotatable bonds is 9. The van der Waals surface area contributed by atoms with Crippen molar-refractivity contribution >= 4 is 0 Å². The van der Waals surface area contributed by atoms with Gasteiger partial charge in [0.25, 0.3) is 0 Å². The van der Waals surface area contributed by atoms with Gasteiger partial charge in [-0.2, -0.15) is 0 Å². The van der Waals surface area contributed by atoms with E-state index in [1.807, 2.05) is 0 Å². The summed E-state index contributed by atoms with van der Waals surface area (Å²) < 4.78 is 10.5. The van der Waals surface area contributed by atoms with Crippen LogP contribution in [0.25, 0.3) is 0 Å². The predicted octanol–water partition coefficient (Wildman–Crippen LogP) is 0.332. The van der Waals surface area contributed by atoms with E-state index in [1.165, 1.54) is 0 Å². The van der Waals surface area contributed by atoms with E-state index in [-0.39, 0.29) is 5.41 Å². The number of likely N-dealkylation sites (N-methyl/N-ethyl adjacent to an activating group) is 1. The lowest BCUT2D eigenvalue weighted by molar-refractivity contribution is -0.0127. The second-order valence-electron chi connectivity index (χ2n) is 5.70. The van der Waals surface area contributed by atoms with Crippen LogP contribution in [0.1, 0.15) is 19.8 Å². The molecule has 0 amide bonds. The maximum absolute atomic E-state index is 9.80. The Kier molecular flexibility index (Phi) is 7.87. The molecular formula is C14H30N2O3. The smallest absolute Gasteiger partial charge is 0.0899 e. The van der Waals surface area contributed by atoms with E-state index >= 15 is 0 Å². The molecule has 0 aromatic carbocycles. The van der Waals surface area contributed by atoms with Crippen LogP contribution in [0.2, 0.25) is 0 Å². The number of hydrogen-bond acceptors (Lipinski definition) is 5. The molecule has 1 unspecified atom stereocenters. The van der Waals surface area contributed by atoms with E-state index in [9.17, 15) is 5.11 Å². The van der Waals surface area contributed by atoms with Gasteiger partial charge in [0, 0.05) is 40.0 Å². The van der Waals surface area contributed by atoms with Crippen LogP contribution in [0.4, 0.5) is 0 Å². The standard InChI is InChI=1S/C14H30N2O3/c1-4-15-11-14(5-7-19-8-6-14)12-16(2)9-13(17)10-18-3/h13,15,17H,4-12H2,1-3H3. The average molecular weight is 274 g/mol. The van der Waals surface area contributed by atoms with Crippen molar-refractivity contribution in [3.63, 3.8) is 0 Å². The second-order valence-corrected chi connectivity index (χ2v) is 5.70. The Morgan fingerprint density at radius 1 is 1.42 bits per heavy atom. The normalized spacial score (nSPS) is 20.7. The number of nitrogens with zero attached hydrogens (tertiary/aromatic N) is 1. The number of ether oxygens (including phenoxy) is 2. The molecule has 0 spiro atoms. The third-order valence-corrected chi connectivity index (χ3v) is 3.79. The maximum Gasteiger partial charge on any atom is 0.0899 e. The Morgan fingerprint density at radius 3 is 2.68 bits per heavy atom. The fourth-order valence-electron chi connectivity index (χ4n) is 2.83. The van der Waals surface area contributed by atoms with E-state index in [1.54, 1.807) is 7.11 Å². The van der Waals surface area contributed by atoms with Gasteiger partial charge in [0.05, 0.1) is 12.7 Å². The zero-order valence-electron chi connectivity index (χ0n) is 12.7. The summed E-state index contributed by atoms with van der Waals surface area (Å²) in [7, 11) is 3.69. The molecule has 1 saturated heterocycles. The van der Waals surface area contributed by atoms with Gasteiger partial charge in [0.15, 0.2) is 0 Å². The largest absolute Gasteiger partial charge is 0.389 e. The summed E-state index contributed by atoms with van der Waals surface area (Å²) in [6.45, 7) is 7.90. The van der Waals surface area contributed by atoms with Gasteiger partial charge in [-0.15, -0.1) is 0 Å². The fraction of sp³-hybridized carbons (Fsp3) is 1.00. The summed E-state index contributed by atoms with van der Waals surface area (Å²) in [4.78, 5) is 2.21. The quantitative estimate of drug-likeness (QED) is 0.635. The highest BCUT2D eigenvalue weighted by atomic mass is 16.5. The van der Waals surface area contributed by atoms with E-state index < -0.39 is 6.10 Å². The molecule has 0 radical (unpaired) electrons. The summed E-state index contributed by atoms with van der Waals surface area (Å²) in [5.41, 5.74) is 0.274. The second kappa shape index (κ2) is 8.87. The molecule has 1 heterocycles. The Balaban J connectivity index is 2.46. The van der Waals surface area contributed by atoms with Gasteiger partial charge in [-0.05, 0) is 31.8 Å². The molecule has 5 heteroatoms. The van der Waals surface area contributed by atoms with Crippen molar-refractivity contribution in [2.24, 2.45) is 5.41 Å². The van der Waals surface area contributed by atoms with Crippen LogP contribution in [0.5, 0.6) is 0 Å². The highest BCUT2D eigenvalue weighted by Gasteiger charge is 2.33. The zero-order valence-corrected chi connectivity index (χ0v) is 12.7. The molecule has 2 N–H and O–H groups in total. The molecule has 1 aliphatic heterocycles. The van der Waals surface area contributed by atoms with Gasteiger partial charge in [0.1, 0.15) is 0 Å². The van der Waals surface area contributed by atoms with Crippen molar-refractivity contribution in [1.82, 2.24) is 10.2 Å². The van der Waals surface area contributed by atoms with E-state index in [4.69, 9.17) is 9.47 Å². The van der Waals surface area contributed by atoms with Crippen LogP contribution in [0, 0.1) is 5.41 Å². The molecule has 1 atom stereocenters. The Bertz CT molecular complexity index is 233. The zero-order chi connectivity index (χ0) is 14.1. The highest BCUT2D eigenvalue weighted by Crippen LogP contribution is 2.30. The Hall–Kier alpha value is -0.200. The molecule has 114 valence electrons. The minimum absolute atomic E-state index is 0.274. The van der Waals surface area contributed by atoms with E-state index in [0.717, 1.165) is 45.7 Å². The van der Waals surface area contributed by atoms with Gasteiger partial charge in [-0.3, -0.25) is 0 Å². The van der Waals surface area contributed by atoms with Crippen LogP contribution in [0.15, 0.2) is 0 Å². The predicted molar refractivity (Wildman–Crippen MR) is 76.4 cm³/mol. The summed E-state index contributed by atoms with van der Waals surface area (Å²) >= 11 is 0. The summed E-state index contributed by atoms with van der Waals surface area (Å²) in [6.07, 6.45) is 1.76. The van der Waals surface area contributed by atoms with Crippen molar-refractivity contribution < 1.29 is 14.6 Å². The number of nitrogens with one attached hydrogen (secondary N) is 1. The van der Waals surface area contributed by atoms with Gasteiger partial charge in [0.2, 0.25) is 0 Å². The van der Waals surface area contributed by atoms with Crippen molar-refractivity contribution in [2.45, 2.75) is 25.9 Å². The first-order valence-corrected chi connectivity index (χ1v) is 7.26. The van der Waals surface area contributed by atoms with Crippen molar-refractivity contribution in [3.8, 4) is 0 Å². The molecule has 0 saturated carbocycles. The van der Waals surface area contributed by atoms with Gasteiger partial charge in [-0.1, -0.05) is 6.92 Å². The molecule has 1 aliphatic rings. The summed E-state index contributed by atoms with van der Waals surface area (Å²) in [6, 6.07) is 0. The van der Waals surface area contributed by atoms with Crippen LogP contribution < -0.4 is 5.32 Å². The van der Waals surface area contributed by atoms with E-state index in [2.05, 4.69) is 24.2 Å². The molecule has 1 rings (SSSR count). The third-order valence-electron chi connectivity index (χ3n) is 3.79. The van der Waals surface area contributed by atoms with Gasteiger partial charge < -0.3 is 24.8 Å². The fourth-order valence-corrected chi connectivity index (χ4v) is 2.83. The first kappa shape index (κ1) is 16.9. The lowest BCUT2D eigenvalue weighted by Crippen LogP contribution is -2.48. The molecule has 1 fully saturated rings. The molecule has 0 aromatic heterocycles. The van der Waals surface area contributed by atoms with Crippen LogP contribution in [0.3, 0.4) is 0 Å². The van der Waals surface area contributed by atoms with Crippen molar-refractivity contribution in [1.29, 1.82) is 0 Å². The lowest BCUT2D eigenvalue weighted by Gasteiger charge is -2.40. The van der Waals surface area contributed by atoms with Crippen LogP contribution in [-0.4, -0.2) is 76.3 Å². The molecular weight excluding hydrogens is 244 g/mol. The molecule has 19 heavy (non-hydrogen) atoms. The number of aliphatic hydroxyl groups is 1. The minimum atomic E-state index is -0.411. The monoisotopic (exact) mass is 274 g/mol. The SMILES string of the molecule is CCNCC1(CN(C)CC(O)COC)CCOCC1. The van der Waals surface area contributed by atoms with Crippen molar-refractivity contribution in [3.05, 3.63) is 0 Å². The minimum Gasteiger partial charge on any atom is -0.389 e. The topological polar surface area (TPSA) is 54.0 Å². The lowest BCUT2D eigenvalue weighted by atomic mass is 9.79. The number of aliphatic hydroxyl groups excluding tert-OH is 1. The number of methoxy groups -OCH3 is 1. The Morgan fingerprint density at radius 2 is 2.11 bits per heavy atom. The molecule has 0 aromatic rings. The van der Waals surface area contributed by atoms with Crippen LogP contribution >= 0.6 is 0 Å². The van der Waals surface area contributed by atoms with Gasteiger partial charge >= 0.3 is 0 Å². The maximum atomic E-state index is 9.80. The molecule has 0 aliphatic carbocycles. The molecule has 0 bridgehead atoms.